The molecule has 0 aromatic heterocycles. The maximum atomic E-state index is 9.94. The SMILES string of the molecule is CCCCCCCCC(O)C1CCC(C)O1. The highest BCUT2D eigenvalue weighted by atomic mass is 16.5. The Bertz CT molecular complexity index is 170. The lowest BCUT2D eigenvalue weighted by molar-refractivity contribution is -0.0322. The van der Waals surface area contributed by atoms with Crippen LogP contribution in [-0.2, 0) is 4.74 Å². The van der Waals surface area contributed by atoms with Crippen LogP contribution in [0, 0.1) is 0 Å². The van der Waals surface area contributed by atoms with Gasteiger partial charge in [-0.1, -0.05) is 45.4 Å². The minimum absolute atomic E-state index is 0.116. The first-order valence-corrected chi connectivity index (χ1v) is 7.07. The summed E-state index contributed by atoms with van der Waals surface area (Å²) >= 11 is 0. The molecule has 0 aromatic rings. The largest absolute Gasteiger partial charge is 0.390 e. The van der Waals surface area contributed by atoms with Crippen LogP contribution in [-0.4, -0.2) is 23.4 Å². The number of unbranched alkanes of at least 4 members (excludes halogenated alkanes) is 5. The van der Waals surface area contributed by atoms with Crippen LogP contribution >= 0.6 is 0 Å². The molecule has 1 aliphatic heterocycles. The van der Waals surface area contributed by atoms with Gasteiger partial charge < -0.3 is 9.84 Å². The summed E-state index contributed by atoms with van der Waals surface area (Å²) in [6.45, 7) is 4.33. The quantitative estimate of drug-likeness (QED) is 0.642. The predicted octanol–water partition coefficient (Wildman–Crippen LogP) is 3.67. The van der Waals surface area contributed by atoms with Gasteiger partial charge in [0.2, 0.25) is 0 Å². The van der Waals surface area contributed by atoms with Gasteiger partial charge in [0.1, 0.15) is 0 Å². The fourth-order valence-corrected chi connectivity index (χ4v) is 2.44. The van der Waals surface area contributed by atoms with Gasteiger partial charge in [0.25, 0.3) is 0 Å². The normalized spacial score (nSPS) is 27.2. The van der Waals surface area contributed by atoms with Crippen molar-refractivity contribution in [1.82, 2.24) is 0 Å². The molecule has 2 heteroatoms. The second kappa shape index (κ2) is 8.08. The molecule has 0 amide bonds. The van der Waals surface area contributed by atoms with Crippen molar-refractivity contribution in [1.29, 1.82) is 0 Å². The van der Waals surface area contributed by atoms with E-state index in [1.54, 1.807) is 0 Å². The van der Waals surface area contributed by atoms with Crippen LogP contribution in [0.2, 0.25) is 0 Å². The van der Waals surface area contributed by atoms with Crippen molar-refractivity contribution in [3.05, 3.63) is 0 Å². The first-order chi connectivity index (χ1) is 7.74. The van der Waals surface area contributed by atoms with Crippen molar-refractivity contribution in [3.8, 4) is 0 Å². The summed E-state index contributed by atoms with van der Waals surface area (Å²) < 4.78 is 5.67. The van der Waals surface area contributed by atoms with E-state index < -0.39 is 0 Å². The molecule has 1 heterocycles. The molecule has 0 saturated carbocycles. The number of aliphatic hydroxyl groups excluding tert-OH is 1. The lowest BCUT2D eigenvalue weighted by Crippen LogP contribution is -2.25. The Morgan fingerprint density at radius 3 is 2.44 bits per heavy atom. The van der Waals surface area contributed by atoms with Crippen molar-refractivity contribution in [3.63, 3.8) is 0 Å². The summed E-state index contributed by atoms with van der Waals surface area (Å²) in [4.78, 5) is 0. The molecule has 0 aliphatic carbocycles. The fourth-order valence-electron chi connectivity index (χ4n) is 2.44. The Balaban J connectivity index is 1.96. The van der Waals surface area contributed by atoms with Gasteiger partial charge in [-0.05, 0) is 26.2 Å². The average Bonchev–Trinajstić information content (AvgIpc) is 2.70. The van der Waals surface area contributed by atoms with Crippen LogP contribution < -0.4 is 0 Å². The smallest absolute Gasteiger partial charge is 0.0838 e. The third-order valence-corrected chi connectivity index (χ3v) is 3.55. The maximum absolute atomic E-state index is 9.94. The molecule has 0 bridgehead atoms. The van der Waals surface area contributed by atoms with E-state index in [1.165, 1.54) is 32.1 Å². The summed E-state index contributed by atoms with van der Waals surface area (Å²) in [6, 6.07) is 0. The highest BCUT2D eigenvalue weighted by Gasteiger charge is 2.27. The zero-order valence-electron chi connectivity index (χ0n) is 11.0. The van der Waals surface area contributed by atoms with Gasteiger partial charge in [0, 0.05) is 0 Å². The first kappa shape index (κ1) is 14.0. The molecular formula is C14H28O2. The monoisotopic (exact) mass is 228 g/mol. The highest BCUT2D eigenvalue weighted by Crippen LogP contribution is 2.24. The summed E-state index contributed by atoms with van der Waals surface area (Å²) in [7, 11) is 0. The van der Waals surface area contributed by atoms with Gasteiger partial charge in [0.15, 0.2) is 0 Å². The number of ether oxygens (including phenoxy) is 1. The average molecular weight is 228 g/mol. The Labute approximate surface area is 100 Å². The van der Waals surface area contributed by atoms with Crippen molar-refractivity contribution in [2.45, 2.75) is 89.9 Å². The van der Waals surface area contributed by atoms with E-state index in [-0.39, 0.29) is 12.2 Å². The molecule has 1 fully saturated rings. The third kappa shape index (κ3) is 5.31. The Morgan fingerprint density at radius 1 is 1.12 bits per heavy atom. The molecule has 3 atom stereocenters. The maximum Gasteiger partial charge on any atom is 0.0838 e. The van der Waals surface area contributed by atoms with Gasteiger partial charge >= 0.3 is 0 Å². The zero-order valence-corrected chi connectivity index (χ0v) is 11.0. The molecule has 1 aliphatic rings. The Morgan fingerprint density at radius 2 is 1.81 bits per heavy atom. The second-order valence-electron chi connectivity index (χ2n) is 5.19. The molecule has 16 heavy (non-hydrogen) atoms. The van der Waals surface area contributed by atoms with Gasteiger partial charge in [-0.15, -0.1) is 0 Å². The molecule has 0 radical (unpaired) electrons. The summed E-state index contributed by atoms with van der Waals surface area (Å²) in [6.07, 6.45) is 11.1. The summed E-state index contributed by atoms with van der Waals surface area (Å²) in [5.74, 6) is 0. The molecule has 1 saturated heterocycles. The minimum atomic E-state index is -0.226. The predicted molar refractivity (Wildman–Crippen MR) is 67.6 cm³/mol. The zero-order chi connectivity index (χ0) is 11.8. The van der Waals surface area contributed by atoms with E-state index in [2.05, 4.69) is 13.8 Å². The molecule has 0 spiro atoms. The van der Waals surface area contributed by atoms with E-state index >= 15 is 0 Å². The van der Waals surface area contributed by atoms with Crippen molar-refractivity contribution < 1.29 is 9.84 Å². The molecule has 0 aromatic carbocycles. The summed E-state index contributed by atoms with van der Waals surface area (Å²) in [5, 5.41) is 9.94. The van der Waals surface area contributed by atoms with Crippen LogP contribution in [0.15, 0.2) is 0 Å². The molecular weight excluding hydrogens is 200 g/mol. The van der Waals surface area contributed by atoms with Gasteiger partial charge in [-0.3, -0.25) is 0 Å². The molecule has 96 valence electrons. The topological polar surface area (TPSA) is 29.5 Å². The number of aliphatic hydroxyl groups is 1. The lowest BCUT2D eigenvalue weighted by Gasteiger charge is -2.18. The molecule has 2 nitrogen and oxygen atoms in total. The Hall–Kier alpha value is -0.0800. The van der Waals surface area contributed by atoms with Gasteiger partial charge in [0.05, 0.1) is 18.3 Å². The van der Waals surface area contributed by atoms with Crippen LogP contribution in [0.25, 0.3) is 0 Å². The third-order valence-electron chi connectivity index (χ3n) is 3.55. The van der Waals surface area contributed by atoms with Crippen molar-refractivity contribution >= 4 is 0 Å². The minimum Gasteiger partial charge on any atom is -0.390 e. The van der Waals surface area contributed by atoms with E-state index in [1.807, 2.05) is 0 Å². The van der Waals surface area contributed by atoms with Crippen LogP contribution in [0.3, 0.4) is 0 Å². The molecule has 1 rings (SSSR count). The standard InChI is InChI=1S/C14H28O2/c1-3-4-5-6-7-8-9-13(15)14-11-10-12(2)16-14/h12-15H,3-11H2,1-2H3. The van der Waals surface area contributed by atoms with Crippen LogP contribution in [0.4, 0.5) is 0 Å². The van der Waals surface area contributed by atoms with Crippen molar-refractivity contribution in [2.24, 2.45) is 0 Å². The number of hydrogen-bond acceptors (Lipinski definition) is 2. The van der Waals surface area contributed by atoms with Gasteiger partial charge in [-0.2, -0.15) is 0 Å². The van der Waals surface area contributed by atoms with E-state index in [9.17, 15) is 5.11 Å². The van der Waals surface area contributed by atoms with E-state index in [0.29, 0.717) is 6.10 Å². The van der Waals surface area contributed by atoms with Gasteiger partial charge in [-0.25, -0.2) is 0 Å². The fraction of sp³-hybridized carbons (Fsp3) is 1.00. The van der Waals surface area contributed by atoms with E-state index in [4.69, 9.17) is 4.74 Å². The van der Waals surface area contributed by atoms with Crippen molar-refractivity contribution in [2.75, 3.05) is 0 Å². The van der Waals surface area contributed by atoms with Crippen LogP contribution in [0.1, 0.15) is 71.6 Å². The first-order valence-electron chi connectivity index (χ1n) is 7.07. The number of rotatable bonds is 8. The summed E-state index contributed by atoms with van der Waals surface area (Å²) in [5.41, 5.74) is 0. The molecule has 1 N–H and O–H groups in total. The molecule has 3 unspecified atom stereocenters. The van der Waals surface area contributed by atoms with Crippen LogP contribution in [0.5, 0.6) is 0 Å². The number of hydrogen-bond donors (Lipinski definition) is 1. The van der Waals surface area contributed by atoms with E-state index in [0.717, 1.165) is 25.7 Å². The second-order valence-corrected chi connectivity index (χ2v) is 5.19. The highest BCUT2D eigenvalue weighted by molar-refractivity contribution is 4.77. The lowest BCUT2D eigenvalue weighted by atomic mass is 10.0. The Kier molecular flexibility index (Phi) is 7.06.